The van der Waals surface area contributed by atoms with Crippen LogP contribution in [0.15, 0.2) is 60.8 Å². The van der Waals surface area contributed by atoms with E-state index in [1.807, 2.05) is 0 Å². The second-order valence-corrected chi connectivity index (χ2v) is 18.2. The van der Waals surface area contributed by atoms with Gasteiger partial charge in [0.2, 0.25) is 11.8 Å². The molecule has 0 aromatic rings. The van der Waals surface area contributed by atoms with Crippen LogP contribution >= 0.6 is 0 Å². The summed E-state index contributed by atoms with van der Waals surface area (Å²) in [6.07, 6.45) is 70.8. The third kappa shape index (κ3) is 42.7. The molecule has 0 aliphatic rings. The van der Waals surface area contributed by atoms with Crippen molar-refractivity contribution in [2.24, 2.45) is 5.41 Å². The van der Waals surface area contributed by atoms with Crippen molar-refractivity contribution in [1.29, 1.82) is 0 Å². The fourth-order valence-corrected chi connectivity index (χ4v) is 8.37. The molecule has 0 fully saturated rings. The van der Waals surface area contributed by atoms with Gasteiger partial charge in [-0.3, -0.25) is 15.3 Å². The van der Waals surface area contributed by atoms with Crippen molar-refractivity contribution in [2.75, 3.05) is 0 Å². The Kier molecular flexibility index (Phi) is 46.8. The van der Waals surface area contributed by atoms with Gasteiger partial charge in [0.15, 0.2) is 0 Å². The summed E-state index contributed by atoms with van der Waals surface area (Å²) in [4.78, 5) is 25.5. The molecule has 2 amide bonds. The monoisotopic (exact) mass is 847 g/mol. The molecule has 4 heteroatoms. The molecule has 0 aromatic heterocycles. The maximum absolute atomic E-state index is 14.0. The highest BCUT2D eigenvalue weighted by molar-refractivity contribution is 5.84. The lowest BCUT2D eigenvalue weighted by Gasteiger charge is -2.33. The molecule has 2 radical (unpaired) electrons. The number of rotatable bonds is 48. The highest BCUT2D eigenvalue weighted by atomic mass is 16.2. The van der Waals surface area contributed by atoms with Gasteiger partial charge in [-0.05, 0) is 109 Å². The third-order valence-corrected chi connectivity index (χ3v) is 12.4. The van der Waals surface area contributed by atoms with Crippen molar-refractivity contribution in [1.82, 2.24) is 11.1 Å². The normalized spacial score (nSPS) is 12.4. The molecule has 352 valence electrons. The molecule has 0 bridgehead atoms. The first-order valence-corrected chi connectivity index (χ1v) is 26.6. The van der Waals surface area contributed by atoms with E-state index in [9.17, 15) is 9.59 Å². The predicted octanol–water partition coefficient (Wildman–Crippen LogP) is 18.5. The molecule has 2 N–H and O–H groups in total. The SMILES string of the molecule is CCCCC/C=C\C/C=C\CCCCCCCCC(CCCCCC/C=C\CCCCCCCC)(CCCCCCCC/C=C\C/C=C\CCCCC)C(=O)N[CH]CC([NH])=O. The summed E-state index contributed by atoms with van der Waals surface area (Å²) in [5.41, 5.74) is 6.98. The van der Waals surface area contributed by atoms with Crippen LogP contribution in [0.2, 0.25) is 0 Å². The first-order chi connectivity index (χ1) is 30.0. The van der Waals surface area contributed by atoms with Gasteiger partial charge in [0, 0.05) is 5.41 Å². The number of unbranched alkanes of at least 4 members (excludes halogenated alkanes) is 28. The maximum Gasteiger partial charge on any atom is 0.240 e. The lowest BCUT2D eigenvalue weighted by Crippen LogP contribution is -2.40. The Bertz CT molecular complexity index is 1040. The quantitative estimate of drug-likeness (QED) is 0.0489. The van der Waals surface area contributed by atoms with E-state index in [0.717, 1.165) is 57.8 Å². The van der Waals surface area contributed by atoms with Crippen LogP contribution in [0.1, 0.15) is 278 Å². The van der Waals surface area contributed by atoms with Crippen molar-refractivity contribution in [3.05, 3.63) is 67.3 Å². The Balaban J connectivity index is 4.98. The minimum absolute atomic E-state index is 0.0237. The van der Waals surface area contributed by atoms with Gasteiger partial charge in [0.1, 0.15) is 0 Å². The summed E-state index contributed by atoms with van der Waals surface area (Å²) >= 11 is 0. The van der Waals surface area contributed by atoms with E-state index < -0.39 is 5.91 Å². The molecular weight excluding hydrogens is 745 g/mol. The van der Waals surface area contributed by atoms with E-state index >= 15 is 0 Å². The zero-order valence-electron chi connectivity index (χ0n) is 41.0. The summed E-state index contributed by atoms with van der Waals surface area (Å²) in [5, 5.41) is 3.03. The lowest BCUT2D eigenvalue weighted by molar-refractivity contribution is -0.132. The average molecular weight is 847 g/mol. The molecule has 4 nitrogen and oxygen atoms in total. The van der Waals surface area contributed by atoms with Crippen LogP contribution in [0, 0.1) is 12.0 Å². The van der Waals surface area contributed by atoms with Crippen molar-refractivity contribution in [2.45, 2.75) is 278 Å². The van der Waals surface area contributed by atoms with Crippen molar-refractivity contribution < 1.29 is 9.59 Å². The molecule has 0 aromatic carbocycles. The Morgan fingerprint density at radius 2 is 0.639 bits per heavy atom. The number of hydrogen-bond acceptors (Lipinski definition) is 2. The van der Waals surface area contributed by atoms with E-state index in [1.54, 1.807) is 6.54 Å². The molecular formula is C57H102N2O2. The molecule has 0 spiro atoms. The van der Waals surface area contributed by atoms with Crippen LogP contribution in [0.4, 0.5) is 0 Å². The standard InChI is InChI=1S/C57H102N2O2/c1-4-7-10-13-16-19-22-25-28-30-33-36-39-42-45-48-52-57(56(61)59-54-50-55(58)60,51-47-44-41-38-35-32-27-24-21-18-15-12-9-6-3)53-49-46-43-40-37-34-31-29-26-23-20-17-14-11-8-5-2/h16-17,19-20,25-29,32,54,58H,4-15,18,21-24,30-31,33-53H2,1-3H3,(H,59,61)/b19-16-,20-17-,28-25-,29-26-,32-27-. The van der Waals surface area contributed by atoms with Gasteiger partial charge in [-0.15, -0.1) is 0 Å². The summed E-state index contributed by atoms with van der Waals surface area (Å²) in [6.45, 7) is 8.34. The summed E-state index contributed by atoms with van der Waals surface area (Å²) in [6, 6.07) is 0. The molecule has 0 heterocycles. The first kappa shape index (κ1) is 58.6. The summed E-state index contributed by atoms with van der Waals surface area (Å²) in [5.74, 6) is -0.557. The molecule has 0 aliphatic heterocycles. The van der Waals surface area contributed by atoms with Gasteiger partial charge in [0.25, 0.3) is 0 Å². The van der Waals surface area contributed by atoms with Gasteiger partial charge in [-0.25, -0.2) is 0 Å². The number of hydrogen-bond donors (Lipinski definition) is 1. The number of allylic oxidation sites excluding steroid dienone is 10. The van der Waals surface area contributed by atoms with Crippen LogP contribution in [0.3, 0.4) is 0 Å². The zero-order valence-corrected chi connectivity index (χ0v) is 41.0. The molecule has 0 unspecified atom stereocenters. The molecule has 0 rings (SSSR count). The molecule has 0 aliphatic carbocycles. The van der Waals surface area contributed by atoms with Crippen LogP contribution in [-0.4, -0.2) is 11.8 Å². The van der Waals surface area contributed by atoms with Crippen molar-refractivity contribution >= 4 is 11.8 Å². The van der Waals surface area contributed by atoms with Crippen molar-refractivity contribution in [3.8, 4) is 0 Å². The smallest absolute Gasteiger partial charge is 0.240 e. The summed E-state index contributed by atoms with van der Waals surface area (Å²) in [7, 11) is 0. The Labute approximate surface area is 381 Å². The number of amides is 2. The largest absolute Gasteiger partial charge is 0.350 e. The molecule has 0 atom stereocenters. The fourth-order valence-electron chi connectivity index (χ4n) is 8.37. The van der Waals surface area contributed by atoms with Crippen LogP contribution in [0.5, 0.6) is 0 Å². The zero-order chi connectivity index (χ0) is 44.4. The highest BCUT2D eigenvalue weighted by Crippen LogP contribution is 2.38. The molecule has 0 saturated carbocycles. The average Bonchev–Trinajstić information content (AvgIpc) is 3.25. The second kappa shape index (κ2) is 48.7. The predicted molar refractivity (Wildman–Crippen MR) is 270 cm³/mol. The Morgan fingerprint density at radius 3 is 0.967 bits per heavy atom. The molecule has 61 heavy (non-hydrogen) atoms. The number of carbonyl (C=O) groups excluding carboxylic acids is 2. The topological polar surface area (TPSA) is 70.0 Å². The van der Waals surface area contributed by atoms with Crippen LogP contribution in [-0.2, 0) is 9.59 Å². The van der Waals surface area contributed by atoms with Gasteiger partial charge in [-0.2, -0.15) is 0 Å². The van der Waals surface area contributed by atoms with E-state index in [4.69, 9.17) is 5.73 Å². The minimum atomic E-state index is -0.651. The van der Waals surface area contributed by atoms with E-state index in [2.05, 4.69) is 86.8 Å². The van der Waals surface area contributed by atoms with Gasteiger partial charge in [-0.1, -0.05) is 223 Å². The summed E-state index contributed by atoms with van der Waals surface area (Å²) < 4.78 is 0. The number of carbonyl (C=O) groups is 2. The van der Waals surface area contributed by atoms with E-state index in [-0.39, 0.29) is 17.7 Å². The Morgan fingerprint density at radius 1 is 0.377 bits per heavy atom. The Hall–Kier alpha value is -2.36. The van der Waals surface area contributed by atoms with Crippen LogP contribution in [0.25, 0.3) is 0 Å². The lowest BCUT2D eigenvalue weighted by atomic mass is 9.73. The minimum Gasteiger partial charge on any atom is -0.350 e. The maximum atomic E-state index is 14.0. The van der Waals surface area contributed by atoms with Gasteiger partial charge in [0.05, 0.1) is 13.0 Å². The van der Waals surface area contributed by atoms with Crippen molar-refractivity contribution in [3.63, 3.8) is 0 Å². The molecule has 0 saturated heterocycles. The van der Waals surface area contributed by atoms with E-state index in [0.29, 0.717) is 0 Å². The second-order valence-electron chi connectivity index (χ2n) is 18.2. The van der Waals surface area contributed by atoms with Gasteiger partial charge < -0.3 is 5.32 Å². The highest BCUT2D eigenvalue weighted by Gasteiger charge is 2.36. The third-order valence-electron chi connectivity index (χ3n) is 12.4. The van der Waals surface area contributed by atoms with Gasteiger partial charge >= 0.3 is 0 Å². The van der Waals surface area contributed by atoms with E-state index in [1.165, 1.54) is 193 Å². The van der Waals surface area contributed by atoms with Crippen LogP contribution < -0.4 is 11.1 Å². The number of nitrogens with one attached hydrogen (secondary N) is 2. The fraction of sp³-hybridized carbons (Fsp3) is 0.772. The first-order valence-electron chi connectivity index (χ1n) is 26.6.